The maximum absolute atomic E-state index is 13.7. The summed E-state index contributed by atoms with van der Waals surface area (Å²) < 4.78 is 46.5. The summed E-state index contributed by atoms with van der Waals surface area (Å²) in [5.74, 6) is -0.00599. The Kier molecular flexibility index (Phi) is 5.73. The van der Waals surface area contributed by atoms with Gasteiger partial charge in [0, 0.05) is 41.8 Å². The molecule has 4 rings (SSSR count). The predicted octanol–water partition coefficient (Wildman–Crippen LogP) is 4.98. The number of pyridine rings is 1. The summed E-state index contributed by atoms with van der Waals surface area (Å²) in [4.78, 5) is 29.0. The van der Waals surface area contributed by atoms with E-state index in [4.69, 9.17) is 4.74 Å². The van der Waals surface area contributed by atoms with Crippen molar-refractivity contribution in [2.75, 3.05) is 18.4 Å². The maximum atomic E-state index is 13.7. The van der Waals surface area contributed by atoms with Crippen LogP contribution in [0, 0.1) is 0 Å². The van der Waals surface area contributed by atoms with Gasteiger partial charge in [-0.15, -0.1) is 0 Å². The smallest absolute Gasteiger partial charge is 0.419 e. The molecule has 0 saturated carbocycles. The lowest BCUT2D eigenvalue weighted by atomic mass is 10.1. The first-order chi connectivity index (χ1) is 15.5. The van der Waals surface area contributed by atoms with E-state index in [0.717, 1.165) is 6.20 Å². The Balaban J connectivity index is 1.63. The average molecular weight is 460 g/mol. The summed E-state index contributed by atoms with van der Waals surface area (Å²) in [6.45, 7) is 6.01. The van der Waals surface area contributed by atoms with Crippen molar-refractivity contribution < 1.29 is 22.7 Å². The van der Waals surface area contributed by atoms with Crippen molar-refractivity contribution >= 4 is 23.1 Å². The van der Waals surface area contributed by atoms with Gasteiger partial charge in [0.2, 0.25) is 5.95 Å². The molecule has 4 heterocycles. The molecule has 0 spiro atoms. The Morgan fingerprint density at radius 2 is 2.03 bits per heavy atom. The van der Waals surface area contributed by atoms with Gasteiger partial charge in [-0.05, 0) is 39.3 Å². The molecule has 0 unspecified atom stereocenters. The zero-order chi connectivity index (χ0) is 23.8. The van der Waals surface area contributed by atoms with Gasteiger partial charge in [0.15, 0.2) is 0 Å². The molecule has 174 valence electrons. The Labute approximate surface area is 187 Å². The van der Waals surface area contributed by atoms with E-state index in [1.807, 2.05) is 6.08 Å². The monoisotopic (exact) mass is 460 g/mol. The zero-order valence-electron chi connectivity index (χ0n) is 18.3. The highest BCUT2D eigenvalue weighted by atomic mass is 19.4. The van der Waals surface area contributed by atoms with Crippen molar-refractivity contribution in [3.63, 3.8) is 0 Å². The summed E-state index contributed by atoms with van der Waals surface area (Å²) in [6.07, 6.45) is 1.07. The lowest BCUT2D eigenvalue weighted by Crippen LogP contribution is -2.41. The normalized spacial score (nSPS) is 14.8. The molecule has 1 aliphatic rings. The third-order valence-electron chi connectivity index (χ3n) is 4.88. The maximum Gasteiger partial charge on any atom is 0.419 e. The van der Waals surface area contributed by atoms with Gasteiger partial charge in [-0.2, -0.15) is 13.2 Å². The molecule has 1 amide bonds. The molecule has 3 aromatic rings. The van der Waals surface area contributed by atoms with Crippen molar-refractivity contribution in [1.29, 1.82) is 0 Å². The molecule has 0 fully saturated rings. The number of H-pyrrole nitrogens is 1. The molecule has 0 atom stereocenters. The number of carbonyl (C=O) groups excluding carboxylic acids is 1. The molecular weight excluding hydrogens is 437 g/mol. The number of aromatic nitrogens is 4. The number of anilines is 1. The van der Waals surface area contributed by atoms with E-state index in [1.54, 1.807) is 39.1 Å². The van der Waals surface area contributed by atoms with E-state index in [-0.39, 0.29) is 23.8 Å². The summed E-state index contributed by atoms with van der Waals surface area (Å²) >= 11 is 0. The topological polar surface area (TPSA) is 96.0 Å². The highest BCUT2D eigenvalue weighted by Gasteiger charge is 2.36. The van der Waals surface area contributed by atoms with Crippen LogP contribution in [0.2, 0.25) is 0 Å². The standard InChI is InChI=1S/C22H23F3N6O2/c1-21(2,3)33-20(32)31-9-5-6-13(12-31)29-19-28-11-16(22(23,24)25)17(30-19)15-10-27-18-14(15)7-4-8-26-18/h4,6-8,10-11H,5,9,12H2,1-3H3,(H,26,27)(H,28,29,30). The number of rotatable bonds is 3. The number of alkyl halides is 3. The first-order valence-corrected chi connectivity index (χ1v) is 10.3. The molecule has 0 aromatic carbocycles. The number of nitrogens with zero attached hydrogens (tertiary/aromatic N) is 4. The van der Waals surface area contributed by atoms with Gasteiger partial charge in [-0.1, -0.05) is 6.08 Å². The number of hydrogen-bond acceptors (Lipinski definition) is 6. The summed E-state index contributed by atoms with van der Waals surface area (Å²) in [7, 11) is 0. The van der Waals surface area contributed by atoms with Crippen LogP contribution in [0.3, 0.4) is 0 Å². The van der Waals surface area contributed by atoms with Crippen LogP contribution in [-0.4, -0.2) is 49.6 Å². The predicted molar refractivity (Wildman–Crippen MR) is 116 cm³/mol. The third kappa shape index (κ3) is 5.07. The fourth-order valence-electron chi connectivity index (χ4n) is 3.47. The Bertz CT molecular complexity index is 1210. The van der Waals surface area contributed by atoms with Gasteiger partial charge in [0.25, 0.3) is 0 Å². The molecule has 1 aliphatic heterocycles. The molecule has 0 radical (unpaired) electrons. The van der Waals surface area contributed by atoms with Crippen molar-refractivity contribution in [1.82, 2.24) is 24.8 Å². The number of hydrogen-bond donors (Lipinski definition) is 2. The van der Waals surface area contributed by atoms with Crippen molar-refractivity contribution in [2.45, 2.75) is 39.0 Å². The van der Waals surface area contributed by atoms with Crippen molar-refractivity contribution in [2.24, 2.45) is 0 Å². The molecule has 0 aliphatic carbocycles. The molecule has 11 heteroatoms. The molecule has 8 nitrogen and oxygen atoms in total. The number of fused-ring (bicyclic) bond motifs is 1. The van der Waals surface area contributed by atoms with Crippen LogP contribution >= 0.6 is 0 Å². The fourth-order valence-corrected chi connectivity index (χ4v) is 3.47. The van der Waals surface area contributed by atoms with Crippen LogP contribution in [0.5, 0.6) is 0 Å². The largest absolute Gasteiger partial charge is 0.444 e. The van der Waals surface area contributed by atoms with Gasteiger partial charge < -0.3 is 19.9 Å². The Morgan fingerprint density at radius 3 is 2.76 bits per heavy atom. The van der Waals surface area contributed by atoms with Gasteiger partial charge in [0.05, 0.1) is 12.2 Å². The minimum Gasteiger partial charge on any atom is -0.444 e. The zero-order valence-corrected chi connectivity index (χ0v) is 18.3. The number of ether oxygens (including phenoxy) is 1. The van der Waals surface area contributed by atoms with E-state index in [2.05, 4.69) is 25.3 Å². The minimum atomic E-state index is -4.64. The third-order valence-corrected chi connectivity index (χ3v) is 4.88. The first-order valence-electron chi connectivity index (χ1n) is 10.3. The van der Waals surface area contributed by atoms with E-state index in [9.17, 15) is 18.0 Å². The second-order valence-electron chi connectivity index (χ2n) is 8.60. The lowest BCUT2D eigenvalue weighted by Gasteiger charge is -2.30. The molecule has 3 aromatic heterocycles. The molecule has 0 bridgehead atoms. The summed E-state index contributed by atoms with van der Waals surface area (Å²) in [5.41, 5.74) is -0.532. The van der Waals surface area contributed by atoms with E-state index >= 15 is 0 Å². The van der Waals surface area contributed by atoms with Gasteiger partial charge in [0.1, 0.15) is 16.8 Å². The van der Waals surface area contributed by atoms with Crippen molar-refractivity contribution in [3.05, 3.63) is 48.1 Å². The fraction of sp³-hybridized carbons (Fsp3) is 0.364. The van der Waals surface area contributed by atoms with Crippen LogP contribution in [-0.2, 0) is 10.9 Å². The van der Waals surface area contributed by atoms with E-state index < -0.39 is 23.4 Å². The van der Waals surface area contributed by atoms with Crippen LogP contribution < -0.4 is 5.32 Å². The number of amides is 1. The quantitative estimate of drug-likeness (QED) is 0.573. The van der Waals surface area contributed by atoms with E-state index in [0.29, 0.717) is 29.7 Å². The minimum absolute atomic E-state index is 0.00599. The highest BCUT2D eigenvalue weighted by Crippen LogP contribution is 2.38. The second-order valence-corrected chi connectivity index (χ2v) is 8.60. The highest BCUT2D eigenvalue weighted by molar-refractivity contribution is 5.93. The van der Waals surface area contributed by atoms with Gasteiger partial charge in [-0.3, -0.25) is 0 Å². The number of aromatic amines is 1. The van der Waals surface area contributed by atoms with Crippen LogP contribution in [0.1, 0.15) is 32.8 Å². The Hall–Kier alpha value is -3.63. The molecule has 2 N–H and O–H groups in total. The van der Waals surface area contributed by atoms with Crippen LogP contribution in [0.25, 0.3) is 22.3 Å². The van der Waals surface area contributed by atoms with Crippen LogP contribution in [0.4, 0.5) is 23.9 Å². The lowest BCUT2D eigenvalue weighted by molar-refractivity contribution is -0.137. The number of nitrogens with one attached hydrogen (secondary N) is 2. The van der Waals surface area contributed by atoms with Crippen LogP contribution in [0.15, 0.2) is 42.5 Å². The van der Waals surface area contributed by atoms with Crippen molar-refractivity contribution in [3.8, 4) is 11.3 Å². The average Bonchev–Trinajstić information content (AvgIpc) is 3.16. The molecule has 0 saturated heterocycles. The van der Waals surface area contributed by atoms with Gasteiger partial charge >= 0.3 is 12.3 Å². The summed E-state index contributed by atoms with van der Waals surface area (Å²) in [5, 5.41) is 3.47. The summed E-state index contributed by atoms with van der Waals surface area (Å²) in [6, 6.07) is 3.32. The number of halogens is 3. The molecular formula is C22H23F3N6O2. The Morgan fingerprint density at radius 1 is 1.24 bits per heavy atom. The number of carbonyl (C=O) groups is 1. The SMILES string of the molecule is CC(C)(C)OC(=O)N1CCC=C(Nc2ncc(C(F)(F)F)c(-c3c[nH]c4ncccc34)n2)C1. The molecule has 33 heavy (non-hydrogen) atoms. The second kappa shape index (κ2) is 8.38. The van der Waals surface area contributed by atoms with E-state index in [1.165, 1.54) is 11.1 Å². The van der Waals surface area contributed by atoms with Gasteiger partial charge in [-0.25, -0.2) is 19.7 Å². The first kappa shape index (κ1) is 22.6.